The van der Waals surface area contributed by atoms with Crippen molar-refractivity contribution in [2.75, 3.05) is 0 Å². The molecule has 0 aliphatic heterocycles. The third kappa shape index (κ3) is 2.99. The number of carbonyl (C=O) groups is 2. The van der Waals surface area contributed by atoms with Crippen LogP contribution in [-0.2, 0) is 13.0 Å². The Balaban J connectivity index is 2.19. The van der Waals surface area contributed by atoms with E-state index in [9.17, 15) is 19.5 Å². The van der Waals surface area contributed by atoms with Gasteiger partial charge in [0.25, 0.3) is 5.56 Å². The molecule has 0 unspecified atom stereocenters. The monoisotopic (exact) mass is 372 g/mol. The van der Waals surface area contributed by atoms with E-state index in [-0.39, 0.29) is 22.5 Å². The van der Waals surface area contributed by atoms with E-state index in [4.69, 9.17) is 5.11 Å². The Morgan fingerprint density at radius 1 is 1.23 bits per heavy atom. The summed E-state index contributed by atoms with van der Waals surface area (Å²) in [5, 5.41) is 18.7. The quantitative estimate of drug-likeness (QED) is 0.713. The first-order valence-electron chi connectivity index (χ1n) is 7.91. The minimum Gasteiger partial charge on any atom is -0.478 e. The number of aromatic nitrogens is 2. The molecule has 0 spiro atoms. The maximum absolute atomic E-state index is 13.0. The van der Waals surface area contributed by atoms with Gasteiger partial charge >= 0.3 is 11.9 Å². The van der Waals surface area contributed by atoms with Crippen molar-refractivity contribution in [1.29, 1.82) is 0 Å². The molecule has 0 amide bonds. The number of fused-ring (bicyclic) bond motifs is 1. The van der Waals surface area contributed by atoms with Crippen LogP contribution in [0.25, 0.3) is 10.2 Å². The second kappa shape index (κ2) is 6.72. The molecule has 2 N–H and O–H groups in total. The molecule has 2 aromatic heterocycles. The molecule has 0 bridgehead atoms. The van der Waals surface area contributed by atoms with Gasteiger partial charge in [-0.05, 0) is 30.2 Å². The third-order valence-electron chi connectivity index (χ3n) is 4.15. The maximum Gasteiger partial charge on any atom is 0.346 e. The number of nitrogens with zero attached hydrogens (tertiary/aromatic N) is 2. The molecule has 0 saturated heterocycles. The summed E-state index contributed by atoms with van der Waals surface area (Å²) in [6, 6.07) is 6.37. The minimum atomic E-state index is -1.08. The average molecular weight is 372 g/mol. The van der Waals surface area contributed by atoms with E-state index in [2.05, 4.69) is 4.98 Å². The summed E-state index contributed by atoms with van der Waals surface area (Å²) in [7, 11) is 0. The lowest BCUT2D eigenvalue weighted by Gasteiger charge is -2.12. The molecule has 0 saturated carbocycles. The summed E-state index contributed by atoms with van der Waals surface area (Å²) in [5.41, 5.74) is 0.899. The second-order valence-corrected chi connectivity index (χ2v) is 6.82. The Bertz CT molecular complexity index is 1100. The van der Waals surface area contributed by atoms with Gasteiger partial charge in [-0.2, -0.15) is 0 Å². The molecule has 3 rings (SSSR count). The van der Waals surface area contributed by atoms with Gasteiger partial charge in [0.15, 0.2) is 0 Å². The highest BCUT2D eigenvalue weighted by Crippen LogP contribution is 2.27. The van der Waals surface area contributed by atoms with E-state index in [0.717, 1.165) is 11.3 Å². The lowest BCUT2D eigenvalue weighted by Crippen LogP contribution is -2.25. The predicted molar refractivity (Wildman–Crippen MR) is 97.5 cm³/mol. The predicted octanol–water partition coefficient (Wildman–Crippen LogP) is 2.77. The van der Waals surface area contributed by atoms with Crippen molar-refractivity contribution in [3.05, 3.63) is 62.0 Å². The Morgan fingerprint density at radius 3 is 2.58 bits per heavy atom. The van der Waals surface area contributed by atoms with E-state index in [1.54, 1.807) is 19.1 Å². The summed E-state index contributed by atoms with van der Waals surface area (Å²) in [6.45, 7) is 3.63. The van der Waals surface area contributed by atoms with Crippen molar-refractivity contribution in [2.45, 2.75) is 26.8 Å². The number of aryl methyl sites for hydroxylation is 2. The summed E-state index contributed by atoms with van der Waals surface area (Å²) < 4.78 is 1.48. The Hall–Kier alpha value is -3.00. The number of carboxylic acids is 2. The van der Waals surface area contributed by atoms with Gasteiger partial charge in [-0.25, -0.2) is 14.6 Å². The Labute approximate surface area is 152 Å². The van der Waals surface area contributed by atoms with Crippen molar-refractivity contribution in [2.24, 2.45) is 0 Å². The Kier molecular flexibility index (Phi) is 4.60. The lowest BCUT2D eigenvalue weighted by atomic mass is 10.1. The summed E-state index contributed by atoms with van der Waals surface area (Å²) in [5.74, 6) is -1.59. The van der Waals surface area contributed by atoms with E-state index in [0.29, 0.717) is 33.6 Å². The van der Waals surface area contributed by atoms with Crippen molar-refractivity contribution in [1.82, 2.24) is 9.55 Å². The van der Waals surface area contributed by atoms with Crippen molar-refractivity contribution < 1.29 is 19.8 Å². The fourth-order valence-electron chi connectivity index (χ4n) is 2.88. The van der Waals surface area contributed by atoms with Gasteiger partial charge in [-0.1, -0.05) is 19.1 Å². The largest absolute Gasteiger partial charge is 0.478 e. The van der Waals surface area contributed by atoms with Crippen LogP contribution in [0.1, 0.15) is 43.9 Å². The van der Waals surface area contributed by atoms with Crippen molar-refractivity contribution in [3.63, 3.8) is 0 Å². The average Bonchev–Trinajstić information content (AvgIpc) is 2.94. The van der Waals surface area contributed by atoms with E-state index >= 15 is 0 Å². The molecule has 3 aromatic rings. The molecule has 8 heteroatoms. The van der Waals surface area contributed by atoms with Crippen LogP contribution >= 0.6 is 11.3 Å². The van der Waals surface area contributed by atoms with E-state index in [1.807, 2.05) is 6.92 Å². The van der Waals surface area contributed by atoms with Crippen LogP contribution in [0.3, 0.4) is 0 Å². The fraction of sp³-hybridized carbons (Fsp3) is 0.222. The summed E-state index contributed by atoms with van der Waals surface area (Å²) >= 11 is 0.995. The molecule has 0 aliphatic rings. The number of aromatic carboxylic acids is 2. The molecule has 134 valence electrons. The highest BCUT2D eigenvalue weighted by Gasteiger charge is 2.20. The zero-order valence-electron chi connectivity index (χ0n) is 14.1. The van der Waals surface area contributed by atoms with Crippen molar-refractivity contribution in [3.8, 4) is 0 Å². The smallest absolute Gasteiger partial charge is 0.346 e. The molecular weight excluding hydrogens is 356 g/mol. The van der Waals surface area contributed by atoms with Gasteiger partial charge in [0.05, 0.1) is 17.5 Å². The molecule has 0 fully saturated rings. The van der Waals surface area contributed by atoms with Crippen LogP contribution in [-0.4, -0.2) is 31.7 Å². The van der Waals surface area contributed by atoms with Crippen LogP contribution in [0.15, 0.2) is 29.1 Å². The first kappa shape index (κ1) is 17.8. The molecule has 0 aliphatic carbocycles. The van der Waals surface area contributed by atoms with Gasteiger partial charge in [-0.15, -0.1) is 11.3 Å². The number of rotatable bonds is 5. The molecular formula is C18H16N2O5S. The number of hydrogen-bond donors (Lipinski definition) is 2. The molecule has 2 heterocycles. The maximum atomic E-state index is 13.0. The van der Waals surface area contributed by atoms with Gasteiger partial charge in [0.2, 0.25) is 0 Å². The number of carboxylic acid groups (broad SMARTS) is 2. The van der Waals surface area contributed by atoms with Crippen LogP contribution in [0.5, 0.6) is 0 Å². The molecule has 7 nitrogen and oxygen atoms in total. The SMILES string of the molecule is CCc1nc2sc(C(=O)O)c(C)c2c(=O)n1Cc1cccc(C(=O)O)c1. The lowest BCUT2D eigenvalue weighted by molar-refractivity contribution is 0.0688. The standard InChI is InChI=1S/C18H16N2O5S/c1-3-12-19-15-13(9(2)14(26-15)18(24)25)16(21)20(12)8-10-5-4-6-11(7-10)17(22)23/h4-7H,3,8H2,1-2H3,(H,22,23)(H,24,25). The zero-order valence-corrected chi connectivity index (χ0v) is 15.0. The highest BCUT2D eigenvalue weighted by atomic mass is 32.1. The molecule has 0 radical (unpaired) electrons. The number of thiophene rings is 1. The second-order valence-electron chi connectivity index (χ2n) is 5.82. The molecule has 0 atom stereocenters. The van der Waals surface area contributed by atoms with Crippen LogP contribution in [0, 0.1) is 6.92 Å². The Morgan fingerprint density at radius 2 is 1.96 bits per heavy atom. The topological polar surface area (TPSA) is 109 Å². The van der Waals surface area contributed by atoms with Gasteiger partial charge in [0, 0.05) is 6.42 Å². The van der Waals surface area contributed by atoms with E-state index in [1.165, 1.54) is 16.7 Å². The fourth-order valence-corrected chi connectivity index (χ4v) is 3.91. The molecule has 26 heavy (non-hydrogen) atoms. The minimum absolute atomic E-state index is 0.109. The van der Waals surface area contributed by atoms with Gasteiger partial charge in [0.1, 0.15) is 15.5 Å². The van der Waals surface area contributed by atoms with Crippen LogP contribution in [0.4, 0.5) is 0 Å². The third-order valence-corrected chi connectivity index (χ3v) is 5.33. The highest BCUT2D eigenvalue weighted by molar-refractivity contribution is 7.20. The number of hydrogen-bond acceptors (Lipinski definition) is 5. The van der Waals surface area contributed by atoms with E-state index < -0.39 is 11.9 Å². The van der Waals surface area contributed by atoms with Gasteiger partial charge in [-0.3, -0.25) is 9.36 Å². The van der Waals surface area contributed by atoms with Crippen molar-refractivity contribution >= 4 is 33.5 Å². The van der Waals surface area contributed by atoms with Crippen LogP contribution in [0.2, 0.25) is 0 Å². The normalized spacial score (nSPS) is 11.0. The molecule has 1 aromatic carbocycles. The van der Waals surface area contributed by atoms with Crippen LogP contribution < -0.4 is 5.56 Å². The summed E-state index contributed by atoms with van der Waals surface area (Å²) in [4.78, 5) is 40.5. The first-order valence-corrected chi connectivity index (χ1v) is 8.73. The van der Waals surface area contributed by atoms with Gasteiger partial charge < -0.3 is 10.2 Å². The first-order chi connectivity index (χ1) is 12.3. The zero-order chi connectivity index (χ0) is 19.0. The summed E-state index contributed by atoms with van der Waals surface area (Å²) in [6.07, 6.45) is 0.489. The number of benzene rings is 1.